The van der Waals surface area contributed by atoms with E-state index < -0.39 is 24.5 Å². The van der Waals surface area contributed by atoms with E-state index in [0.29, 0.717) is 21.1 Å². The van der Waals surface area contributed by atoms with E-state index >= 15 is 0 Å². The third-order valence-electron chi connectivity index (χ3n) is 4.85. The van der Waals surface area contributed by atoms with Crippen LogP contribution >= 0.6 is 11.3 Å². The predicted octanol–water partition coefficient (Wildman–Crippen LogP) is 1.73. The van der Waals surface area contributed by atoms with Crippen LogP contribution in [0.15, 0.2) is 47.2 Å². The Hall–Kier alpha value is -3.85. The van der Waals surface area contributed by atoms with Crippen molar-refractivity contribution in [3.05, 3.63) is 63.0 Å². The highest BCUT2D eigenvalue weighted by Gasteiger charge is 2.14. The third-order valence-corrected chi connectivity index (χ3v) is 6.07. The van der Waals surface area contributed by atoms with Crippen molar-refractivity contribution < 1.29 is 28.6 Å². The predicted molar refractivity (Wildman–Crippen MR) is 130 cm³/mol. The third kappa shape index (κ3) is 5.93. The minimum atomic E-state index is -0.718. The van der Waals surface area contributed by atoms with Gasteiger partial charge in [0.15, 0.2) is 12.0 Å². The summed E-state index contributed by atoms with van der Waals surface area (Å²) in [5.41, 5.74) is 0.782. The van der Waals surface area contributed by atoms with Crippen LogP contribution in [0.4, 0.5) is 0 Å². The van der Waals surface area contributed by atoms with Gasteiger partial charge >= 0.3 is 11.9 Å². The average Bonchev–Trinajstić information content (AvgIpc) is 2.84. The quantitative estimate of drug-likeness (QED) is 0.305. The number of carbonyl (C=O) groups is 3. The van der Waals surface area contributed by atoms with Gasteiger partial charge in [-0.05, 0) is 31.4 Å². The number of amides is 1. The minimum Gasteiger partial charge on any atom is -0.482 e. The highest BCUT2D eigenvalue weighted by atomic mass is 32.1. The molecule has 8 nitrogen and oxygen atoms in total. The van der Waals surface area contributed by atoms with Gasteiger partial charge in [0.1, 0.15) is 19.0 Å². The van der Waals surface area contributed by atoms with Crippen molar-refractivity contribution in [2.24, 2.45) is 4.99 Å². The van der Waals surface area contributed by atoms with Crippen molar-refractivity contribution in [2.75, 3.05) is 19.8 Å². The van der Waals surface area contributed by atoms with Crippen LogP contribution in [0.25, 0.3) is 22.2 Å². The molecular weight excluding hydrogens is 458 g/mol. The van der Waals surface area contributed by atoms with Gasteiger partial charge in [0.25, 0.3) is 5.91 Å². The maximum Gasteiger partial charge on any atom is 0.330 e. The van der Waals surface area contributed by atoms with Gasteiger partial charge in [-0.25, -0.2) is 14.6 Å². The zero-order valence-electron chi connectivity index (χ0n) is 18.6. The van der Waals surface area contributed by atoms with E-state index in [9.17, 15) is 19.2 Å². The molecule has 1 amide bonds. The standard InChI is InChI=1S/C25H23NO7S/c1-4-21(28)32-12-16(13-33-22(29)5-2)26-20(27)14-31-18-11-10-15(3)23-24(30)17-8-6-7-9-19(17)34-25(18)23/h4-5,8-11H,1-2,6-7,12-14H2,3H3. The van der Waals surface area contributed by atoms with E-state index in [1.54, 1.807) is 12.1 Å². The molecule has 2 aromatic rings. The molecule has 1 heterocycles. The van der Waals surface area contributed by atoms with Gasteiger partial charge in [0, 0.05) is 27.3 Å². The van der Waals surface area contributed by atoms with Crippen LogP contribution in [-0.2, 0) is 23.9 Å². The van der Waals surface area contributed by atoms with Crippen LogP contribution < -0.4 is 19.9 Å². The molecule has 0 radical (unpaired) electrons. The smallest absolute Gasteiger partial charge is 0.330 e. The summed E-state index contributed by atoms with van der Waals surface area (Å²) in [5.74, 6) is -1.72. The molecule has 0 fully saturated rings. The molecule has 176 valence electrons. The number of aryl methyl sites for hydroxylation is 1. The molecule has 9 heteroatoms. The Morgan fingerprint density at radius 1 is 1.03 bits per heavy atom. The minimum absolute atomic E-state index is 0.0108. The summed E-state index contributed by atoms with van der Waals surface area (Å²) in [6, 6.07) is 3.48. The van der Waals surface area contributed by atoms with Crippen molar-refractivity contribution in [2.45, 2.75) is 19.8 Å². The number of aliphatic imine (C=N–C) groups is 1. The summed E-state index contributed by atoms with van der Waals surface area (Å²) >= 11 is 1.44. The zero-order chi connectivity index (χ0) is 24.7. The van der Waals surface area contributed by atoms with Crippen LogP contribution in [0, 0.1) is 6.92 Å². The molecule has 0 aliphatic heterocycles. The number of ether oxygens (including phenoxy) is 3. The molecule has 0 spiro atoms. The fraction of sp³-hybridized carbons (Fsp3) is 0.240. The Labute approximate surface area is 199 Å². The Bertz CT molecular complexity index is 1360. The number of hydrogen-bond donors (Lipinski definition) is 0. The van der Waals surface area contributed by atoms with Gasteiger partial charge in [-0.15, -0.1) is 11.3 Å². The number of rotatable bonds is 9. The molecule has 0 unspecified atom stereocenters. The maximum absolute atomic E-state index is 13.0. The zero-order valence-corrected chi connectivity index (χ0v) is 19.4. The van der Waals surface area contributed by atoms with Crippen molar-refractivity contribution in [3.8, 4) is 5.75 Å². The molecular formula is C25H23NO7S. The first kappa shape index (κ1) is 24.8. The van der Waals surface area contributed by atoms with Crippen LogP contribution in [0.2, 0.25) is 0 Å². The molecule has 1 aliphatic rings. The monoisotopic (exact) mass is 481 g/mol. The van der Waals surface area contributed by atoms with Crippen molar-refractivity contribution >= 4 is 57.1 Å². The molecule has 34 heavy (non-hydrogen) atoms. The van der Waals surface area contributed by atoms with E-state index in [0.717, 1.165) is 35.1 Å². The lowest BCUT2D eigenvalue weighted by Gasteiger charge is -2.11. The van der Waals surface area contributed by atoms with Crippen molar-refractivity contribution in [1.29, 1.82) is 0 Å². The maximum atomic E-state index is 13.0. The Morgan fingerprint density at radius 2 is 1.68 bits per heavy atom. The summed E-state index contributed by atoms with van der Waals surface area (Å²) in [5, 5.41) is 1.27. The first-order valence-corrected chi connectivity index (χ1v) is 11.2. The SMILES string of the molecule is C=CC(=O)OCC(COC(=O)C=C)=NC(=O)COc1ccc(C)c2c(=O)c3c(sc12)=CCCC=3. The Kier molecular flexibility index (Phi) is 8.26. The van der Waals surface area contributed by atoms with Gasteiger partial charge in [-0.3, -0.25) is 9.59 Å². The normalized spacial score (nSPS) is 11.8. The van der Waals surface area contributed by atoms with E-state index in [2.05, 4.69) is 18.2 Å². The van der Waals surface area contributed by atoms with E-state index in [-0.39, 0.29) is 24.4 Å². The van der Waals surface area contributed by atoms with Crippen LogP contribution in [0.1, 0.15) is 18.4 Å². The molecule has 0 saturated heterocycles. The lowest BCUT2D eigenvalue weighted by atomic mass is 10.1. The largest absolute Gasteiger partial charge is 0.482 e. The first-order valence-electron chi connectivity index (χ1n) is 10.4. The van der Waals surface area contributed by atoms with Gasteiger partial charge in [0.2, 0.25) is 0 Å². The summed E-state index contributed by atoms with van der Waals surface area (Å²) < 4.78 is 17.0. The van der Waals surface area contributed by atoms with E-state index in [1.807, 2.05) is 19.1 Å². The first-order chi connectivity index (χ1) is 16.3. The number of esters is 2. The highest BCUT2D eigenvalue weighted by Crippen LogP contribution is 2.27. The second kappa shape index (κ2) is 11.3. The van der Waals surface area contributed by atoms with E-state index in [4.69, 9.17) is 14.2 Å². The molecule has 0 atom stereocenters. The van der Waals surface area contributed by atoms with E-state index in [1.165, 1.54) is 11.3 Å². The van der Waals surface area contributed by atoms with Crippen LogP contribution in [-0.4, -0.2) is 43.4 Å². The fourth-order valence-electron chi connectivity index (χ4n) is 3.24. The summed E-state index contributed by atoms with van der Waals surface area (Å²) in [7, 11) is 0. The molecule has 1 aromatic carbocycles. The Balaban J connectivity index is 1.84. The summed E-state index contributed by atoms with van der Waals surface area (Å²) in [6.07, 6.45) is 7.59. The lowest BCUT2D eigenvalue weighted by Crippen LogP contribution is -2.38. The Morgan fingerprint density at radius 3 is 2.32 bits per heavy atom. The topological polar surface area (TPSA) is 108 Å². The average molecular weight is 482 g/mol. The number of fused-ring (bicyclic) bond motifs is 2. The molecule has 3 rings (SSSR count). The van der Waals surface area contributed by atoms with Crippen molar-refractivity contribution in [1.82, 2.24) is 0 Å². The van der Waals surface area contributed by atoms with Crippen LogP contribution in [0.5, 0.6) is 5.75 Å². The molecule has 0 N–H and O–H groups in total. The van der Waals surface area contributed by atoms with Gasteiger partial charge < -0.3 is 14.2 Å². The summed E-state index contributed by atoms with van der Waals surface area (Å²) in [4.78, 5) is 52.0. The van der Waals surface area contributed by atoms with Crippen LogP contribution in [0.3, 0.4) is 0 Å². The summed E-state index contributed by atoms with van der Waals surface area (Å²) in [6.45, 7) is 7.27. The molecule has 0 saturated carbocycles. The second-order valence-corrected chi connectivity index (χ2v) is 8.32. The number of nitrogens with zero attached hydrogens (tertiary/aromatic N) is 1. The van der Waals surface area contributed by atoms with Gasteiger partial charge in [0.05, 0.1) is 10.4 Å². The van der Waals surface area contributed by atoms with Gasteiger partial charge in [-0.1, -0.05) is 31.4 Å². The number of benzene rings is 1. The highest BCUT2D eigenvalue weighted by molar-refractivity contribution is 7.16. The molecule has 0 bridgehead atoms. The molecule has 1 aliphatic carbocycles. The van der Waals surface area contributed by atoms with Gasteiger partial charge in [-0.2, -0.15) is 0 Å². The molecule has 1 aromatic heterocycles. The fourth-order valence-corrected chi connectivity index (χ4v) is 4.53. The lowest BCUT2D eigenvalue weighted by molar-refractivity contribution is -0.136. The second-order valence-electron chi connectivity index (χ2n) is 7.26. The number of hydrogen-bond acceptors (Lipinski definition) is 8. The number of carbonyl (C=O) groups excluding carboxylic acids is 3. The van der Waals surface area contributed by atoms with Crippen molar-refractivity contribution in [3.63, 3.8) is 0 Å².